The Kier molecular flexibility index (Phi) is 2.92. The fraction of sp³-hybridized carbons (Fsp3) is 0.200. The van der Waals surface area contributed by atoms with E-state index in [1.807, 2.05) is 12.1 Å². The minimum atomic E-state index is 0.913. The maximum absolute atomic E-state index is 6.04. The number of nitrogens with two attached hydrogens (primary N) is 1. The first-order valence-electron chi connectivity index (χ1n) is 6.03. The van der Waals surface area contributed by atoms with Crippen molar-refractivity contribution < 1.29 is 0 Å². The molecule has 1 aliphatic rings. The third-order valence-corrected chi connectivity index (χ3v) is 4.16. The summed E-state index contributed by atoms with van der Waals surface area (Å²) < 4.78 is 0. The Hall–Kier alpha value is -1.61. The van der Waals surface area contributed by atoms with Gasteiger partial charge in [-0.1, -0.05) is 18.2 Å². The molecule has 0 aromatic heterocycles. The van der Waals surface area contributed by atoms with Gasteiger partial charge >= 0.3 is 0 Å². The number of hydrogen-bond acceptors (Lipinski definition) is 3. The standard InChI is InChI=1S/C15H16N2S/c1-18-13-6-3-5-12(8-13)17-9-11-4-2-7-15(16)14(11)10-17/h2-8H,9-10,16H2,1H3. The molecular formula is C15H16N2S. The van der Waals surface area contributed by atoms with Crippen LogP contribution in [0.25, 0.3) is 0 Å². The lowest BCUT2D eigenvalue weighted by Gasteiger charge is -2.18. The SMILES string of the molecule is CSc1cccc(N2Cc3cccc(N)c3C2)c1. The van der Waals surface area contributed by atoms with Crippen molar-refractivity contribution in [3.63, 3.8) is 0 Å². The molecule has 0 saturated carbocycles. The number of benzene rings is 2. The fourth-order valence-electron chi connectivity index (χ4n) is 2.44. The van der Waals surface area contributed by atoms with Gasteiger partial charge in [0.15, 0.2) is 0 Å². The topological polar surface area (TPSA) is 29.3 Å². The van der Waals surface area contributed by atoms with Crippen LogP contribution in [0.5, 0.6) is 0 Å². The molecule has 0 aliphatic carbocycles. The highest BCUT2D eigenvalue weighted by Crippen LogP contribution is 2.32. The van der Waals surface area contributed by atoms with E-state index in [4.69, 9.17) is 5.73 Å². The summed E-state index contributed by atoms with van der Waals surface area (Å²) in [5.41, 5.74) is 10.9. The fourth-order valence-corrected chi connectivity index (χ4v) is 2.89. The number of anilines is 2. The van der Waals surface area contributed by atoms with Crippen molar-refractivity contribution in [2.24, 2.45) is 0 Å². The highest BCUT2D eigenvalue weighted by molar-refractivity contribution is 7.98. The van der Waals surface area contributed by atoms with E-state index in [0.29, 0.717) is 0 Å². The zero-order chi connectivity index (χ0) is 12.5. The largest absolute Gasteiger partial charge is 0.398 e. The summed E-state index contributed by atoms with van der Waals surface area (Å²) in [4.78, 5) is 3.68. The number of rotatable bonds is 2. The summed E-state index contributed by atoms with van der Waals surface area (Å²) >= 11 is 1.78. The van der Waals surface area contributed by atoms with Gasteiger partial charge in [0, 0.05) is 29.4 Å². The maximum atomic E-state index is 6.04. The van der Waals surface area contributed by atoms with Crippen LogP contribution < -0.4 is 10.6 Å². The summed E-state index contributed by atoms with van der Waals surface area (Å²) in [6, 6.07) is 14.9. The molecule has 3 rings (SSSR count). The Balaban J connectivity index is 1.91. The molecule has 3 heteroatoms. The molecule has 0 radical (unpaired) electrons. The Labute approximate surface area is 112 Å². The quantitative estimate of drug-likeness (QED) is 0.658. The van der Waals surface area contributed by atoms with Gasteiger partial charge in [-0.3, -0.25) is 0 Å². The predicted octanol–water partition coefficient (Wildman–Crippen LogP) is 3.51. The van der Waals surface area contributed by atoms with Crippen LogP contribution in [0.3, 0.4) is 0 Å². The highest BCUT2D eigenvalue weighted by atomic mass is 32.2. The van der Waals surface area contributed by atoms with Crippen LogP contribution in [0, 0.1) is 0 Å². The number of nitrogens with zero attached hydrogens (tertiary/aromatic N) is 1. The summed E-state index contributed by atoms with van der Waals surface area (Å²) in [7, 11) is 0. The third-order valence-electron chi connectivity index (χ3n) is 3.44. The number of fused-ring (bicyclic) bond motifs is 1. The van der Waals surface area contributed by atoms with Crippen LogP contribution in [-0.2, 0) is 13.1 Å². The van der Waals surface area contributed by atoms with Gasteiger partial charge in [-0.2, -0.15) is 0 Å². The predicted molar refractivity (Wildman–Crippen MR) is 79.0 cm³/mol. The van der Waals surface area contributed by atoms with Crippen LogP contribution in [0.1, 0.15) is 11.1 Å². The minimum absolute atomic E-state index is 0.913. The summed E-state index contributed by atoms with van der Waals surface area (Å²) in [5.74, 6) is 0. The molecule has 2 nitrogen and oxygen atoms in total. The molecular weight excluding hydrogens is 240 g/mol. The Bertz CT molecular complexity index is 580. The summed E-state index contributed by atoms with van der Waals surface area (Å²) in [6.45, 7) is 1.87. The first-order valence-corrected chi connectivity index (χ1v) is 7.25. The van der Waals surface area contributed by atoms with Crippen molar-refractivity contribution in [3.05, 3.63) is 53.6 Å². The molecule has 2 aromatic rings. The Morgan fingerprint density at radius 3 is 2.72 bits per heavy atom. The van der Waals surface area contributed by atoms with Crippen LogP contribution >= 0.6 is 11.8 Å². The van der Waals surface area contributed by atoms with Crippen molar-refractivity contribution in [1.29, 1.82) is 0 Å². The zero-order valence-electron chi connectivity index (χ0n) is 10.4. The smallest absolute Gasteiger partial charge is 0.0457 e. The first-order chi connectivity index (χ1) is 8.78. The molecule has 1 heterocycles. The van der Waals surface area contributed by atoms with E-state index < -0.39 is 0 Å². The molecule has 0 bridgehead atoms. The highest BCUT2D eigenvalue weighted by Gasteiger charge is 2.20. The van der Waals surface area contributed by atoms with E-state index in [0.717, 1.165) is 18.8 Å². The van der Waals surface area contributed by atoms with Crippen molar-refractivity contribution in [3.8, 4) is 0 Å². The average molecular weight is 256 g/mol. The molecule has 0 atom stereocenters. The van der Waals surface area contributed by atoms with E-state index in [1.54, 1.807) is 11.8 Å². The third kappa shape index (κ3) is 1.95. The molecule has 0 saturated heterocycles. The van der Waals surface area contributed by atoms with Crippen LogP contribution in [0.2, 0.25) is 0 Å². The van der Waals surface area contributed by atoms with Gasteiger partial charge in [0.2, 0.25) is 0 Å². The van der Waals surface area contributed by atoms with E-state index in [-0.39, 0.29) is 0 Å². The normalized spacial score (nSPS) is 13.7. The monoisotopic (exact) mass is 256 g/mol. The van der Waals surface area contributed by atoms with Gasteiger partial charge < -0.3 is 10.6 Å². The molecule has 18 heavy (non-hydrogen) atoms. The van der Waals surface area contributed by atoms with Crippen molar-refractivity contribution in [2.45, 2.75) is 18.0 Å². The lowest BCUT2D eigenvalue weighted by molar-refractivity contribution is 0.879. The van der Waals surface area contributed by atoms with Gasteiger partial charge in [-0.15, -0.1) is 11.8 Å². The van der Waals surface area contributed by atoms with Gasteiger partial charge in [0.05, 0.1) is 0 Å². The minimum Gasteiger partial charge on any atom is -0.398 e. The molecule has 0 unspecified atom stereocenters. The second-order valence-electron chi connectivity index (χ2n) is 4.54. The van der Waals surface area contributed by atoms with Gasteiger partial charge in [0.1, 0.15) is 0 Å². The second-order valence-corrected chi connectivity index (χ2v) is 5.42. The van der Waals surface area contributed by atoms with E-state index in [1.165, 1.54) is 21.7 Å². The molecule has 0 spiro atoms. The lowest BCUT2D eigenvalue weighted by Crippen LogP contribution is -2.14. The van der Waals surface area contributed by atoms with E-state index in [2.05, 4.69) is 41.5 Å². The number of nitrogen functional groups attached to an aromatic ring is 1. The van der Waals surface area contributed by atoms with Crippen LogP contribution in [0.4, 0.5) is 11.4 Å². The second kappa shape index (κ2) is 4.58. The Morgan fingerprint density at radius 1 is 1.11 bits per heavy atom. The van der Waals surface area contributed by atoms with Gasteiger partial charge in [-0.25, -0.2) is 0 Å². The molecule has 0 amide bonds. The van der Waals surface area contributed by atoms with Crippen molar-refractivity contribution in [1.82, 2.24) is 0 Å². The van der Waals surface area contributed by atoms with Crippen molar-refractivity contribution >= 4 is 23.1 Å². The molecule has 2 N–H and O–H groups in total. The van der Waals surface area contributed by atoms with Crippen LogP contribution in [0.15, 0.2) is 47.4 Å². The average Bonchev–Trinajstić information content (AvgIpc) is 2.84. The van der Waals surface area contributed by atoms with Gasteiger partial charge in [-0.05, 0) is 41.6 Å². The molecule has 2 aromatic carbocycles. The summed E-state index contributed by atoms with van der Waals surface area (Å²) in [6.07, 6.45) is 2.11. The molecule has 1 aliphatic heterocycles. The molecule has 0 fully saturated rings. The first kappa shape index (κ1) is 11.5. The van der Waals surface area contributed by atoms with Gasteiger partial charge in [0.25, 0.3) is 0 Å². The number of hydrogen-bond donors (Lipinski definition) is 1. The zero-order valence-corrected chi connectivity index (χ0v) is 11.2. The van der Waals surface area contributed by atoms with E-state index in [9.17, 15) is 0 Å². The maximum Gasteiger partial charge on any atom is 0.0457 e. The Morgan fingerprint density at radius 2 is 1.94 bits per heavy atom. The summed E-state index contributed by atoms with van der Waals surface area (Å²) in [5, 5.41) is 0. The lowest BCUT2D eigenvalue weighted by atomic mass is 10.1. The van der Waals surface area contributed by atoms with Crippen LogP contribution in [-0.4, -0.2) is 6.26 Å². The van der Waals surface area contributed by atoms with Crippen molar-refractivity contribution in [2.75, 3.05) is 16.9 Å². The molecule has 92 valence electrons. The van der Waals surface area contributed by atoms with E-state index >= 15 is 0 Å². The number of thioether (sulfide) groups is 1.